The summed E-state index contributed by atoms with van der Waals surface area (Å²) in [7, 11) is 0. The van der Waals surface area contributed by atoms with Gasteiger partial charge in [-0.1, -0.05) is 12.1 Å². The smallest absolute Gasteiger partial charge is 0.336 e. The van der Waals surface area contributed by atoms with Crippen molar-refractivity contribution < 1.29 is 19.5 Å². The molecule has 6 heteroatoms. The molecule has 1 fully saturated rings. The van der Waals surface area contributed by atoms with Crippen molar-refractivity contribution in [3.63, 3.8) is 0 Å². The van der Waals surface area contributed by atoms with Gasteiger partial charge in [-0.3, -0.25) is 9.59 Å². The van der Waals surface area contributed by atoms with Crippen LogP contribution in [0.25, 0.3) is 0 Å². The van der Waals surface area contributed by atoms with E-state index in [0.29, 0.717) is 24.2 Å². The molecule has 106 valence electrons. The first-order valence-corrected chi connectivity index (χ1v) is 6.31. The standard InChI is InChI=1S/C14H16N2O4/c1-8-3-4-9(2)12(14(19)20)11(8)13(18)16-6-5-15-10(17)7-16/h3-4H,5-7H2,1-2H3,(H,15,17)(H,19,20). The summed E-state index contributed by atoms with van der Waals surface area (Å²) in [5.41, 5.74) is 1.32. The van der Waals surface area contributed by atoms with Crippen LogP contribution in [-0.4, -0.2) is 47.4 Å². The van der Waals surface area contributed by atoms with Crippen LogP contribution in [-0.2, 0) is 4.79 Å². The number of hydrogen-bond donors (Lipinski definition) is 2. The number of aromatic carboxylic acids is 1. The molecule has 1 heterocycles. The Bertz CT molecular complexity index is 595. The summed E-state index contributed by atoms with van der Waals surface area (Å²) >= 11 is 0. The van der Waals surface area contributed by atoms with E-state index < -0.39 is 11.9 Å². The normalized spacial score (nSPS) is 14.9. The lowest BCUT2D eigenvalue weighted by Crippen LogP contribution is -2.50. The number of nitrogens with zero attached hydrogens (tertiary/aromatic N) is 1. The largest absolute Gasteiger partial charge is 0.478 e. The van der Waals surface area contributed by atoms with Gasteiger partial charge in [0.25, 0.3) is 5.91 Å². The number of piperazine rings is 1. The van der Waals surface area contributed by atoms with Gasteiger partial charge in [0.2, 0.25) is 5.91 Å². The van der Waals surface area contributed by atoms with E-state index in [1.165, 1.54) is 4.90 Å². The number of carbonyl (C=O) groups is 3. The molecule has 0 aromatic heterocycles. The molecule has 0 unspecified atom stereocenters. The summed E-state index contributed by atoms with van der Waals surface area (Å²) in [6, 6.07) is 3.40. The zero-order chi connectivity index (χ0) is 14.9. The summed E-state index contributed by atoms with van der Waals surface area (Å²) in [6.07, 6.45) is 0. The van der Waals surface area contributed by atoms with Crippen LogP contribution in [0.2, 0.25) is 0 Å². The van der Waals surface area contributed by atoms with Crippen molar-refractivity contribution in [2.75, 3.05) is 19.6 Å². The van der Waals surface area contributed by atoms with Crippen LogP contribution >= 0.6 is 0 Å². The van der Waals surface area contributed by atoms with E-state index >= 15 is 0 Å². The fourth-order valence-electron chi connectivity index (χ4n) is 2.33. The van der Waals surface area contributed by atoms with Crippen LogP contribution in [0, 0.1) is 13.8 Å². The number of amides is 2. The highest BCUT2D eigenvalue weighted by molar-refractivity contribution is 6.07. The third kappa shape index (κ3) is 2.49. The van der Waals surface area contributed by atoms with Gasteiger partial charge in [0.1, 0.15) is 0 Å². The number of rotatable bonds is 2. The lowest BCUT2D eigenvalue weighted by atomic mass is 9.96. The number of benzene rings is 1. The number of carboxylic acid groups (broad SMARTS) is 1. The van der Waals surface area contributed by atoms with E-state index in [9.17, 15) is 19.5 Å². The molecular formula is C14H16N2O4. The third-order valence-electron chi connectivity index (χ3n) is 3.38. The maximum Gasteiger partial charge on any atom is 0.336 e. The van der Waals surface area contributed by atoms with Gasteiger partial charge in [-0.15, -0.1) is 0 Å². The van der Waals surface area contributed by atoms with Crippen LogP contribution in [0.5, 0.6) is 0 Å². The number of hydrogen-bond acceptors (Lipinski definition) is 3. The van der Waals surface area contributed by atoms with Gasteiger partial charge in [0, 0.05) is 13.1 Å². The summed E-state index contributed by atoms with van der Waals surface area (Å²) in [6.45, 7) is 4.09. The van der Waals surface area contributed by atoms with Crippen molar-refractivity contribution >= 4 is 17.8 Å². The molecule has 1 aliphatic heterocycles. The monoisotopic (exact) mass is 276 g/mol. The highest BCUT2D eigenvalue weighted by Gasteiger charge is 2.28. The highest BCUT2D eigenvalue weighted by Crippen LogP contribution is 2.21. The van der Waals surface area contributed by atoms with Crippen molar-refractivity contribution in [2.45, 2.75) is 13.8 Å². The Morgan fingerprint density at radius 1 is 1.20 bits per heavy atom. The Morgan fingerprint density at radius 3 is 2.35 bits per heavy atom. The van der Waals surface area contributed by atoms with Crippen LogP contribution in [0.15, 0.2) is 12.1 Å². The first-order chi connectivity index (χ1) is 9.41. The van der Waals surface area contributed by atoms with Gasteiger partial charge in [-0.25, -0.2) is 4.79 Å². The van der Waals surface area contributed by atoms with E-state index in [0.717, 1.165) is 0 Å². The van der Waals surface area contributed by atoms with Crippen molar-refractivity contribution in [1.82, 2.24) is 10.2 Å². The topological polar surface area (TPSA) is 86.7 Å². The molecule has 0 aliphatic carbocycles. The predicted octanol–water partition coefficient (Wildman–Crippen LogP) is 0.574. The SMILES string of the molecule is Cc1ccc(C)c(C(=O)N2CCNC(=O)C2)c1C(=O)O. The lowest BCUT2D eigenvalue weighted by molar-refractivity contribution is -0.123. The minimum Gasteiger partial charge on any atom is -0.478 e. The molecule has 0 bridgehead atoms. The maximum atomic E-state index is 12.5. The third-order valence-corrected chi connectivity index (χ3v) is 3.38. The van der Waals surface area contributed by atoms with E-state index in [1.54, 1.807) is 26.0 Å². The van der Waals surface area contributed by atoms with Gasteiger partial charge in [0.15, 0.2) is 0 Å². The molecule has 0 saturated carbocycles. The van der Waals surface area contributed by atoms with Gasteiger partial charge >= 0.3 is 5.97 Å². The number of carbonyl (C=O) groups excluding carboxylic acids is 2. The fourth-order valence-corrected chi connectivity index (χ4v) is 2.33. The van der Waals surface area contributed by atoms with Gasteiger partial charge in [0.05, 0.1) is 17.7 Å². The zero-order valence-electron chi connectivity index (χ0n) is 11.4. The molecule has 20 heavy (non-hydrogen) atoms. The van der Waals surface area contributed by atoms with E-state index in [1.807, 2.05) is 0 Å². The van der Waals surface area contributed by atoms with Crippen molar-refractivity contribution in [3.8, 4) is 0 Å². The van der Waals surface area contributed by atoms with Gasteiger partial charge < -0.3 is 15.3 Å². The van der Waals surface area contributed by atoms with Crippen molar-refractivity contribution in [3.05, 3.63) is 34.4 Å². The maximum absolute atomic E-state index is 12.5. The average Bonchev–Trinajstić information content (AvgIpc) is 2.40. The van der Waals surface area contributed by atoms with E-state index in [4.69, 9.17) is 0 Å². The Balaban J connectivity index is 2.46. The van der Waals surface area contributed by atoms with Crippen LogP contribution in [0.4, 0.5) is 0 Å². The van der Waals surface area contributed by atoms with Crippen LogP contribution in [0.3, 0.4) is 0 Å². The van der Waals surface area contributed by atoms with Crippen LogP contribution in [0.1, 0.15) is 31.8 Å². The first-order valence-electron chi connectivity index (χ1n) is 6.31. The van der Waals surface area contributed by atoms with Gasteiger partial charge in [-0.2, -0.15) is 0 Å². The number of nitrogens with one attached hydrogen (secondary N) is 1. The zero-order valence-corrected chi connectivity index (χ0v) is 11.4. The van der Waals surface area contributed by atoms with Gasteiger partial charge in [-0.05, 0) is 25.0 Å². The molecule has 6 nitrogen and oxygen atoms in total. The first kappa shape index (κ1) is 14.0. The summed E-state index contributed by atoms with van der Waals surface area (Å²) < 4.78 is 0. The Kier molecular flexibility index (Phi) is 3.74. The Hall–Kier alpha value is -2.37. The Labute approximate surface area is 116 Å². The molecule has 2 N–H and O–H groups in total. The van der Waals surface area contributed by atoms with E-state index in [2.05, 4.69) is 5.32 Å². The highest BCUT2D eigenvalue weighted by atomic mass is 16.4. The molecule has 1 aromatic carbocycles. The minimum absolute atomic E-state index is 0.0148. The van der Waals surface area contributed by atoms with Crippen molar-refractivity contribution in [2.24, 2.45) is 0 Å². The predicted molar refractivity (Wildman–Crippen MR) is 71.8 cm³/mol. The summed E-state index contributed by atoms with van der Waals surface area (Å²) in [5, 5.41) is 12.0. The molecule has 1 saturated heterocycles. The van der Waals surface area contributed by atoms with Crippen LogP contribution < -0.4 is 5.32 Å². The average molecular weight is 276 g/mol. The second-order valence-electron chi connectivity index (χ2n) is 4.83. The molecule has 0 atom stereocenters. The van der Waals surface area contributed by atoms with E-state index in [-0.39, 0.29) is 23.6 Å². The summed E-state index contributed by atoms with van der Waals surface area (Å²) in [5.74, 6) is -1.76. The minimum atomic E-state index is -1.13. The molecule has 0 spiro atoms. The molecule has 2 amide bonds. The fraction of sp³-hybridized carbons (Fsp3) is 0.357. The molecule has 0 radical (unpaired) electrons. The van der Waals surface area contributed by atoms with Crippen molar-refractivity contribution in [1.29, 1.82) is 0 Å². The molecule has 2 rings (SSSR count). The summed E-state index contributed by atoms with van der Waals surface area (Å²) in [4.78, 5) is 36.7. The second kappa shape index (κ2) is 5.32. The molecule has 1 aromatic rings. The molecule has 1 aliphatic rings. The number of carboxylic acids is 1. The Morgan fingerprint density at radius 2 is 1.80 bits per heavy atom. The molecular weight excluding hydrogens is 260 g/mol. The quantitative estimate of drug-likeness (QED) is 0.827. The number of aryl methyl sites for hydroxylation is 2. The lowest BCUT2D eigenvalue weighted by Gasteiger charge is -2.28. The second-order valence-corrected chi connectivity index (χ2v) is 4.83.